The third kappa shape index (κ3) is 3.24. The summed E-state index contributed by atoms with van der Waals surface area (Å²) in [7, 11) is 0. The summed E-state index contributed by atoms with van der Waals surface area (Å²) < 4.78 is 0.863. The molecule has 0 aliphatic heterocycles. The first-order chi connectivity index (χ1) is 6.06. The average Bonchev–Trinajstić information content (AvgIpc) is 2.49. The third-order valence-corrected chi connectivity index (χ3v) is 3.90. The quantitative estimate of drug-likeness (QED) is 0.657. The SMILES string of the molecule is CC(C)(CNCBr)c1ccc(Cl)s1. The molecule has 4 heteroatoms. The van der Waals surface area contributed by atoms with E-state index >= 15 is 0 Å². The van der Waals surface area contributed by atoms with Gasteiger partial charge in [0.2, 0.25) is 0 Å². The van der Waals surface area contributed by atoms with Crippen molar-refractivity contribution < 1.29 is 0 Å². The van der Waals surface area contributed by atoms with Crippen LogP contribution >= 0.6 is 38.9 Å². The van der Waals surface area contributed by atoms with Crippen LogP contribution in [0.5, 0.6) is 0 Å². The molecule has 13 heavy (non-hydrogen) atoms. The van der Waals surface area contributed by atoms with Crippen LogP contribution in [0.1, 0.15) is 18.7 Å². The van der Waals surface area contributed by atoms with Crippen LogP contribution < -0.4 is 5.32 Å². The zero-order valence-corrected chi connectivity index (χ0v) is 10.9. The van der Waals surface area contributed by atoms with Gasteiger partial charge in [0.25, 0.3) is 0 Å². The lowest BCUT2D eigenvalue weighted by Crippen LogP contribution is -2.31. The number of hydrogen-bond donors (Lipinski definition) is 1. The standard InChI is InChI=1S/C9H13BrClNS/c1-9(2,5-12-6-10)7-3-4-8(11)13-7/h3-4,12H,5-6H2,1-2H3. The van der Waals surface area contributed by atoms with Crippen molar-refractivity contribution in [3.8, 4) is 0 Å². The van der Waals surface area contributed by atoms with Crippen LogP contribution in [0.25, 0.3) is 0 Å². The van der Waals surface area contributed by atoms with Gasteiger partial charge in [-0.1, -0.05) is 41.4 Å². The fraction of sp³-hybridized carbons (Fsp3) is 0.556. The minimum Gasteiger partial charge on any atom is -0.306 e. The van der Waals surface area contributed by atoms with Gasteiger partial charge in [-0.3, -0.25) is 0 Å². The highest BCUT2D eigenvalue weighted by molar-refractivity contribution is 9.09. The van der Waals surface area contributed by atoms with Crippen LogP contribution in [0.3, 0.4) is 0 Å². The highest BCUT2D eigenvalue weighted by atomic mass is 79.9. The summed E-state index contributed by atoms with van der Waals surface area (Å²) in [6.45, 7) is 5.38. The lowest BCUT2D eigenvalue weighted by molar-refractivity contribution is 0.500. The largest absolute Gasteiger partial charge is 0.306 e. The van der Waals surface area contributed by atoms with Crippen molar-refractivity contribution in [2.24, 2.45) is 0 Å². The highest BCUT2D eigenvalue weighted by Crippen LogP contribution is 2.31. The van der Waals surface area contributed by atoms with Crippen LogP contribution in [-0.4, -0.2) is 12.0 Å². The van der Waals surface area contributed by atoms with E-state index in [1.807, 2.05) is 6.07 Å². The van der Waals surface area contributed by atoms with Crippen molar-refractivity contribution in [1.29, 1.82) is 0 Å². The molecular formula is C9H13BrClNS. The van der Waals surface area contributed by atoms with E-state index in [2.05, 4.69) is 41.2 Å². The second kappa shape index (κ2) is 4.78. The maximum absolute atomic E-state index is 5.89. The van der Waals surface area contributed by atoms with Crippen LogP contribution in [-0.2, 0) is 5.41 Å². The normalized spacial score (nSPS) is 12.0. The van der Waals surface area contributed by atoms with Gasteiger partial charge in [0, 0.05) is 16.8 Å². The molecule has 0 radical (unpaired) electrons. The van der Waals surface area contributed by atoms with Gasteiger partial charge in [-0.2, -0.15) is 0 Å². The Balaban J connectivity index is 2.68. The van der Waals surface area contributed by atoms with Gasteiger partial charge in [-0.05, 0) is 12.1 Å². The Kier molecular flexibility index (Phi) is 4.23. The predicted octanol–water partition coefficient (Wildman–Crippen LogP) is 3.62. The molecule has 74 valence electrons. The monoisotopic (exact) mass is 281 g/mol. The smallest absolute Gasteiger partial charge is 0.0931 e. The van der Waals surface area contributed by atoms with Crippen LogP contribution in [0.2, 0.25) is 4.34 Å². The van der Waals surface area contributed by atoms with Gasteiger partial charge in [-0.15, -0.1) is 11.3 Å². The highest BCUT2D eigenvalue weighted by Gasteiger charge is 2.21. The lowest BCUT2D eigenvalue weighted by Gasteiger charge is -2.22. The molecule has 0 saturated carbocycles. The van der Waals surface area contributed by atoms with Crippen LogP contribution in [0.4, 0.5) is 0 Å². The molecule has 0 bridgehead atoms. The number of nitrogens with one attached hydrogen (secondary N) is 1. The van der Waals surface area contributed by atoms with Crippen molar-refractivity contribution in [1.82, 2.24) is 5.32 Å². The van der Waals surface area contributed by atoms with E-state index in [4.69, 9.17) is 11.6 Å². The predicted molar refractivity (Wildman–Crippen MR) is 64.2 cm³/mol. The van der Waals surface area contributed by atoms with Crippen LogP contribution in [0, 0.1) is 0 Å². The summed E-state index contributed by atoms with van der Waals surface area (Å²) >= 11 is 10.9. The second-order valence-electron chi connectivity index (χ2n) is 3.55. The molecule has 0 spiro atoms. The summed E-state index contributed by atoms with van der Waals surface area (Å²) in [6.07, 6.45) is 0. The first-order valence-corrected chi connectivity index (χ1v) is 6.40. The van der Waals surface area contributed by atoms with E-state index in [0.717, 1.165) is 16.3 Å². The van der Waals surface area contributed by atoms with E-state index in [1.54, 1.807) is 11.3 Å². The maximum atomic E-state index is 5.89. The Bertz CT molecular complexity index is 272. The van der Waals surface area contributed by atoms with E-state index in [9.17, 15) is 0 Å². The van der Waals surface area contributed by atoms with Crippen LogP contribution in [0.15, 0.2) is 12.1 Å². The topological polar surface area (TPSA) is 12.0 Å². The number of thiophene rings is 1. The molecule has 1 N–H and O–H groups in total. The summed E-state index contributed by atoms with van der Waals surface area (Å²) in [6, 6.07) is 4.06. The van der Waals surface area contributed by atoms with Crippen molar-refractivity contribution in [2.45, 2.75) is 19.3 Å². The zero-order valence-electron chi connectivity index (χ0n) is 7.73. The van der Waals surface area contributed by atoms with Crippen molar-refractivity contribution in [3.63, 3.8) is 0 Å². The maximum Gasteiger partial charge on any atom is 0.0931 e. The number of halogens is 2. The molecule has 1 nitrogen and oxygen atoms in total. The second-order valence-corrected chi connectivity index (χ2v) is 5.82. The van der Waals surface area contributed by atoms with Gasteiger partial charge in [0.15, 0.2) is 0 Å². The van der Waals surface area contributed by atoms with Gasteiger partial charge in [-0.25, -0.2) is 0 Å². The average molecular weight is 283 g/mol. The first kappa shape index (κ1) is 11.5. The summed E-state index contributed by atoms with van der Waals surface area (Å²) in [5.74, 6) is 0. The van der Waals surface area contributed by atoms with Crippen molar-refractivity contribution >= 4 is 38.9 Å². The molecule has 0 aromatic carbocycles. The molecule has 0 fully saturated rings. The molecule has 1 aromatic heterocycles. The Morgan fingerprint density at radius 3 is 2.69 bits per heavy atom. The minimum absolute atomic E-state index is 0.158. The molecule has 0 saturated heterocycles. The Morgan fingerprint density at radius 1 is 1.54 bits per heavy atom. The fourth-order valence-corrected chi connectivity index (χ4v) is 2.47. The summed E-state index contributed by atoms with van der Waals surface area (Å²) in [5.41, 5.74) is 0.987. The number of alkyl halides is 1. The molecule has 0 amide bonds. The third-order valence-electron chi connectivity index (χ3n) is 1.90. The van der Waals surface area contributed by atoms with E-state index < -0.39 is 0 Å². The Hall–Kier alpha value is 0.430. The molecular weight excluding hydrogens is 270 g/mol. The molecule has 1 heterocycles. The molecule has 0 unspecified atom stereocenters. The molecule has 0 aliphatic rings. The van der Waals surface area contributed by atoms with Gasteiger partial charge in [0.05, 0.1) is 9.79 Å². The van der Waals surface area contributed by atoms with Gasteiger partial charge >= 0.3 is 0 Å². The minimum atomic E-state index is 0.158. The molecule has 0 aliphatic carbocycles. The fourth-order valence-electron chi connectivity index (χ4n) is 1.12. The van der Waals surface area contributed by atoms with E-state index in [-0.39, 0.29) is 5.41 Å². The zero-order chi connectivity index (χ0) is 9.90. The van der Waals surface area contributed by atoms with E-state index in [0.29, 0.717) is 0 Å². The molecule has 1 aromatic rings. The summed E-state index contributed by atoms with van der Waals surface area (Å²) in [5, 5.41) is 3.28. The van der Waals surface area contributed by atoms with Crippen molar-refractivity contribution in [2.75, 3.05) is 12.0 Å². The van der Waals surface area contributed by atoms with Gasteiger partial charge in [0.1, 0.15) is 0 Å². The number of hydrogen-bond acceptors (Lipinski definition) is 2. The van der Waals surface area contributed by atoms with E-state index in [1.165, 1.54) is 4.88 Å². The summed E-state index contributed by atoms with van der Waals surface area (Å²) in [4.78, 5) is 1.32. The Morgan fingerprint density at radius 2 is 2.23 bits per heavy atom. The van der Waals surface area contributed by atoms with Crippen molar-refractivity contribution in [3.05, 3.63) is 21.3 Å². The first-order valence-electron chi connectivity index (χ1n) is 4.09. The van der Waals surface area contributed by atoms with Gasteiger partial charge < -0.3 is 5.32 Å². The number of rotatable bonds is 4. The molecule has 0 atom stereocenters. The Labute approximate surface area is 96.6 Å². The lowest BCUT2D eigenvalue weighted by atomic mass is 9.92. The molecule has 1 rings (SSSR count).